The number of hydrogen-bond donors (Lipinski definition) is 1. The molecule has 2 saturated carbocycles. The van der Waals surface area contributed by atoms with E-state index in [0.29, 0.717) is 31.8 Å². The molecule has 5 heteroatoms. The van der Waals surface area contributed by atoms with Crippen molar-refractivity contribution in [3.05, 3.63) is 30.1 Å². The lowest BCUT2D eigenvalue weighted by Crippen LogP contribution is -2.37. The minimum absolute atomic E-state index is 0.118. The van der Waals surface area contributed by atoms with E-state index in [-0.39, 0.29) is 17.7 Å². The first-order chi connectivity index (χ1) is 10.1. The third kappa shape index (κ3) is 3.23. The minimum atomic E-state index is -0.770. The van der Waals surface area contributed by atoms with Crippen LogP contribution in [0, 0.1) is 11.8 Å². The lowest BCUT2D eigenvalue weighted by molar-refractivity contribution is -0.141. The summed E-state index contributed by atoms with van der Waals surface area (Å²) in [6, 6.07) is 6.04. The van der Waals surface area contributed by atoms with E-state index in [1.165, 1.54) is 0 Å². The van der Waals surface area contributed by atoms with Crippen LogP contribution in [-0.4, -0.2) is 32.9 Å². The van der Waals surface area contributed by atoms with Gasteiger partial charge in [-0.05, 0) is 44.2 Å². The fourth-order valence-corrected chi connectivity index (χ4v) is 3.10. The molecule has 2 atom stereocenters. The molecule has 1 aromatic rings. The number of carbonyl (C=O) groups excluding carboxylic acids is 1. The highest BCUT2D eigenvalue weighted by Crippen LogP contribution is 2.36. The van der Waals surface area contributed by atoms with E-state index < -0.39 is 5.97 Å². The van der Waals surface area contributed by atoms with Gasteiger partial charge in [-0.2, -0.15) is 0 Å². The Hall–Kier alpha value is -1.91. The predicted molar refractivity (Wildman–Crippen MR) is 76.3 cm³/mol. The number of carboxylic acid groups (broad SMARTS) is 1. The minimum Gasteiger partial charge on any atom is -0.481 e. The summed E-state index contributed by atoms with van der Waals surface area (Å²) in [5, 5.41) is 9.07. The van der Waals surface area contributed by atoms with Gasteiger partial charge < -0.3 is 10.0 Å². The van der Waals surface area contributed by atoms with Crippen molar-refractivity contribution < 1.29 is 14.7 Å². The maximum absolute atomic E-state index is 12.7. The second-order valence-corrected chi connectivity index (χ2v) is 6.06. The van der Waals surface area contributed by atoms with Gasteiger partial charge in [-0.3, -0.25) is 14.6 Å². The van der Waals surface area contributed by atoms with Crippen molar-refractivity contribution in [3.63, 3.8) is 0 Å². The molecular formula is C16H20N2O3. The second kappa shape index (κ2) is 5.84. The first kappa shape index (κ1) is 14.0. The summed E-state index contributed by atoms with van der Waals surface area (Å²) in [5.41, 5.74) is 0.894. The summed E-state index contributed by atoms with van der Waals surface area (Å²) in [7, 11) is 0. The maximum atomic E-state index is 12.7. The summed E-state index contributed by atoms with van der Waals surface area (Å²) < 4.78 is 0. The van der Waals surface area contributed by atoms with Gasteiger partial charge in [0.25, 0.3) is 0 Å². The van der Waals surface area contributed by atoms with Crippen LogP contribution in [0.15, 0.2) is 24.4 Å². The summed E-state index contributed by atoms with van der Waals surface area (Å²) in [4.78, 5) is 30.0. The topological polar surface area (TPSA) is 70.5 Å². The molecule has 2 fully saturated rings. The van der Waals surface area contributed by atoms with E-state index in [9.17, 15) is 9.59 Å². The van der Waals surface area contributed by atoms with Crippen LogP contribution >= 0.6 is 0 Å². The van der Waals surface area contributed by atoms with Gasteiger partial charge in [-0.25, -0.2) is 0 Å². The molecule has 1 amide bonds. The van der Waals surface area contributed by atoms with Gasteiger partial charge in [0, 0.05) is 18.2 Å². The van der Waals surface area contributed by atoms with Gasteiger partial charge in [-0.15, -0.1) is 0 Å². The zero-order chi connectivity index (χ0) is 14.8. The molecule has 0 aromatic carbocycles. The monoisotopic (exact) mass is 288 g/mol. The van der Waals surface area contributed by atoms with Crippen molar-refractivity contribution in [2.75, 3.05) is 0 Å². The van der Waals surface area contributed by atoms with Crippen LogP contribution in [0.2, 0.25) is 0 Å². The molecule has 2 aliphatic carbocycles. The molecule has 2 aliphatic rings. The van der Waals surface area contributed by atoms with Gasteiger partial charge in [0.05, 0.1) is 18.2 Å². The Kier molecular flexibility index (Phi) is 3.90. The number of aromatic nitrogens is 1. The molecule has 0 bridgehead atoms. The van der Waals surface area contributed by atoms with Crippen molar-refractivity contribution in [2.45, 2.75) is 44.7 Å². The van der Waals surface area contributed by atoms with E-state index in [0.717, 1.165) is 18.5 Å². The molecule has 0 radical (unpaired) electrons. The molecule has 3 rings (SSSR count). The van der Waals surface area contributed by atoms with E-state index >= 15 is 0 Å². The van der Waals surface area contributed by atoms with E-state index in [4.69, 9.17) is 5.11 Å². The zero-order valence-electron chi connectivity index (χ0n) is 11.9. The number of aliphatic carboxylic acids is 1. The number of pyridine rings is 1. The van der Waals surface area contributed by atoms with Crippen molar-refractivity contribution in [3.8, 4) is 0 Å². The Bertz CT molecular complexity index is 528. The number of nitrogens with zero attached hydrogens (tertiary/aromatic N) is 2. The van der Waals surface area contributed by atoms with Crippen LogP contribution in [0.25, 0.3) is 0 Å². The quantitative estimate of drug-likeness (QED) is 0.900. The van der Waals surface area contributed by atoms with Crippen molar-refractivity contribution in [1.29, 1.82) is 0 Å². The molecule has 112 valence electrons. The summed E-state index contributed by atoms with van der Waals surface area (Å²) in [6.45, 7) is 0.540. The summed E-state index contributed by atoms with van der Waals surface area (Å²) in [6.07, 6.45) is 5.64. The molecule has 0 aliphatic heterocycles. The summed E-state index contributed by atoms with van der Waals surface area (Å²) >= 11 is 0. The Balaban J connectivity index is 1.67. The van der Waals surface area contributed by atoms with Crippen molar-refractivity contribution in [1.82, 2.24) is 9.88 Å². The van der Waals surface area contributed by atoms with Crippen LogP contribution in [-0.2, 0) is 16.1 Å². The van der Waals surface area contributed by atoms with Crippen LogP contribution in [0.1, 0.15) is 37.8 Å². The number of rotatable bonds is 5. The first-order valence-electron chi connectivity index (χ1n) is 7.58. The molecule has 1 aromatic heterocycles. The Morgan fingerprint density at radius 1 is 1.19 bits per heavy atom. The molecule has 2 unspecified atom stereocenters. The lowest BCUT2D eigenvalue weighted by Gasteiger charge is -2.25. The number of carbonyl (C=O) groups is 2. The number of hydrogen-bond acceptors (Lipinski definition) is 3. The fourth-order valence-electron chi connectivity index (χ4n) is 3.10. The van der Waals surface area contributed by atoms with E-state index in [2.05, 4.69) is 4.98 Å². The smallest absolute Gasteiger partial charge is 0.306 e. The van der Waals surface area contributed by atoms with Gasteiger partial charge in [0.1, 0.15) is 0 Å². The Morgan fingerprint density at radius 3 is 2.52 bits per heavy atom. The average Bonchev–Trinajstić information content (AvgIpc) is 3.20. The molecule has 0 saturated heterocycles. The zero-order valence-corrected chi connectivity index (χ0v) is 11.9. The van der Waals surface area contributed by atoms with Crippen molar-refractivity contribution in [2.24, 2.45) is 11.8 Å². The average molecular weight is 288 g/mol. The van der Waals surface area contributed by atoms with E-state index in [1.807, 2.05) is 23.1 Å². The molecule has 1 heterocycles. The highest BCUT2D eigenvalue weighted by Gasteiger charge is 2.40. The third-order valence-corrected chi connectivity index (χ3v) is 4.46. The molecule has 1 N–H and O–H groups in total. The first-order valence-corrected chi connectivity index (χ1v) is 7.58. The molecule has 21 heavy (non-hydrogen) atoms. The standard InChI is InChI=1S/C16H20N2O3/c19-15(11-4-5-12(9-11)16(20)21)18(14-6-7-14)10-13-3-1-2-8-17-13/h1-3,8,11-12,14H,4-7,9-10H2,(H,20,21). The van der Waals surface area contributed by atoms with Gasteiger partial charge >= 0.3 is 5.97 Å². The molecular weight excluding hydrogens is 268 g/mol. The normalized spacial score (nSPS) is 24.8. The van der Waals surface area contributed by atoms with Crippen LogP contribution in [0.5, 0.6) is 0 Å². The SMILES string of the molecule is O=C(O)C1CCC(C(=O)N(Cc2ccccn2)C2CC2)C1. The summed E-state index contributed by atoms with van der Waals surface area (Å²) in [5.74, 6) is -1.13. The van der Waals surface area contributed by atoms with Gasteiger partial charge in [0.2, 0.25) is 5.91 Å². The predicted octanol–water partition coefficient (Wildman–Crippen LogP) is 2.07. The van der Waals surface area contributed by atoms with Crippen LogP contribution in [0.4, 0.5) is 0 Å². The molecule has 5 nitrogen and oxygen atoms in total. The Morgan fingerprint density at radius 2 is 1.95 bits per heavy atom. The Labute approximate surface area is 124 Å². The van der Waals surface area contributed by atoms with Crippen LogP contribution < -0.4 is 0 Å². The molecule has 0 spiro atoms. The van der Waals surface area contributed by atoms with E-state index in [1.54, 1.807) is 6.20 Å². The number of carboxylic acids is 1. The lowest BCUT2D eigenvalue weighted by atomic mass is 10.0. The fraction of sp³-hybridized carbons (Fsp3) is 0.562. The van der Waals surface area contributed by atoms with Crippen molar-refractivity contribution >= 4 is 11.9 Å². The van der Waals surface area contributed by atoms with Gasteiger partial charge in [0.15, 0.2) is 0 Å². The highest BCUT2D eigenvalue weighted by molar-refractivity contribution is 5.81. The number of amides is 1. The highest BCUT2D eigenvalue weighted by atomic mass is 16.4. The second-order valence-electron chi connectivity index (χ2n) is 6.06. The van der Waals surface area contributed by atoms with Crippen LogP contribution in [0.3, 0.4) is 0 Å². The largest absolute Gasteiger partial charge is 0.481 e. The van der Waals surface area contributed by atoms with Gasteiger partial charge in [-0.1, -0.05) is 6.07 Å². The maximum Gasteiger partial charge on any atom is 0.306 e. The third-order valence-electron chi connectivity index (χ3n) is 4.46.